The van der Waals surface area contributed by atoms with E-state index in [0.717, 1.165) is 70.6 Å². The summed E-state index contributed by atoms with van der Waals surface area (Å²) < 4.78 is 0. The molecule has 0 aromatic rings. The van der Waals surface area contributed by atoms with Crippen molar-refractivity contribution in [2.24, 2.45) is 0 Å². The van der Waals surface area contributed by atoms with E-state index in [0.29, 0.717) is 6.42 Å². The summed E-state index contributed by atoms with van der Waals surface area (Å²) in [5.74, 6) is -0.0710. The number of hydrogen-bond donors (Lipinski definition) is 3. The molecule has 0 bridgehead atoms. The Morgan fingerprint density at radius 1 is 0.352 bits per heavy atom. The van der Waals surface area contributed by atoms with Crippen molar-refractivity contribution in [3.05, 3.63) is 97.2 Å². The van der Waals surface area contributed by atoms with Gasteiger partial charge in [-0.1, -0.05) is 317 Å². The maximum atomic E-state index is 12.5. The van der Waals surface area contributed by atoms with Gasteiger partial charge in [0.25, 0.3) is 0 Å². The molecule has 1 amide bonds. The summed E-state index contributed by atoms with van der Waals surface area (Å²) in [4.78, 5) is 12.5. The van der Waals surface area contributed by atoms with Gasteiger partial charge in [-0.3, -0.25) is 4.79 Å². The van der Waals surface area contributed by atoms with Crippen molar-refractivity contribution in [1.29, 1.82) is 0 Å². The Balaban J connectivity index is 3.54. The highest BCUT2D eigenvalue weighted by atomic mass is 16.3. The smallest absolute Gasteiger partial charge is 0.220 e. The van der Waals surface area contributed by atoms with Crippen molar-refractivity contribution in [3.8, 4) is 0 Å². The van der Waals surface area contributed by atoms with Crippen LogP contribution >= 0.6 is 0 Å². The largest absolute Gasteiger partial charge is 0.394 e. The lowest BCUT2D eigenvalue weighted by molar-refractivity contribution is -0.123. The Bertz CT molecular complexity index is 1300. The molecule has 4 nitrogen and oxygen atoms in total. The molecule has 2 atom stereocenters. The molecule has 4 heteroatoms. The van der Waals surface area contributed by atoms with E-state index in [1.165, 1.54) is 212 Å². The quantitative estimate of drug-likeness (QED) is 0.0420. The molecule has 0 aliphatic carbocycles. The minimum Gasteiger partial charge on any atom is -0.394 e. The Kier molecular flexibility index (Phi) is 59.3. The summed E-state index contributed by atoms with van der Waals surface area (Å²) in [7, 11) is 0. The molecule has 0 spiro atoms. The van der Waals surface area contributed by atoms with Gasteiger partial charge in [0.2, 0.25) is 5.91 Å². The van der Waals surface area contributed by atoms with Crippen LogP contribution in [0.25, 0.3) is 0 Å². The lowest BCUT2D eigenvalue weighted by Crippen LogP contribution is -2.45. The lowest BCUT2D eigenvalue weighted by Gasteiger charge is -2.20. The minimum atomic E-state index is -0.850. The number of unbranched alkanes of at least 4 members (excludes halogenated alkanes) is 35. The van der Waals surface area contributed by atoms with Crippen molar-refractivity contribution < 1.29 is 15.0 Å². The first kappa shape index (κ1) is 68.3. The highest BCUT2D eigenvalue weighted by Crippen LogP contribution is 2.17. The SMILES string of the molecule is CC/C=C\C/C=C\C/C=C\C/C=C\C/C=C\C/C=C\C/C=C\CCCCCCCCCCCC(=O)NC(CO)C(O)/C=C/CCCCCCCCCCCCCCCCCCCCCCCCCCCC. The first-order valence-electron chi connectivity index (χ1n) is 31.0. The number of allylic oxidation sites excluding steroid dienone is 15. The predicted octanol–water partition coefficient (Wildman–Crippen LogP) is 20.9. The van der Waals surface area contributed by atoms with Crippen LogP contribution in [0.1, 0.15) is 303 Å². The standard InChI is InChI=1S/C67H119NO3/c1-3-5-7-9-11-13-15-17-19-21-23-25-27-29-31-33-34-35-37-39-41-43-45-47-49-51-53-55-57-59-61-63-67(71)68-65(64-69)66(70)62-60-58-56-54-52-50-48-46-44-42-40-38-36-32-30-28-26-24-22-20-18-16-14-12-10-8-6-4-2/h5,7,11,13,17,19,23,25,29,31,34-35,39,41,60,62,65-66,69-70H,3-4,6,8-10,12,14-16,18,20-22,24,26-28,30,32-33,36-38,40,42-59,61,63-64H2,1-2H3,(H,68,71)/b7-5-,13-11-,19-17-,25-23-,31-29-,35-34-,41-39-,62-60+. The van der Waals surface area contributed by atoms with Crippen molar-refractivity contribution in [2.75, 3.05) is 6.61 Å². The normalized spacial score (nSPS) is 13.5. The topological polar surface area (TPSA) is 69.6 Å². The van der Waals surface area contributed by atoms with Gasteiger partial charge in [0.15, 0.2) is 0 Å². The van der Waals surface area contributed by atoms with Gasteiger partial charge in [-0.05, 0) is 77.0 Å². The van der Waals surface area contributed by atoms with Gasteiger partial charge >= 0.3 is 0 Å². The van der Waals surface area contributed by atoms with Crippen LogP contribution in [0.4, 0.5) is 0 Å². The highest BCUT2D eigenvalue weighted by Gasteiger charge is 2.18. The Hall–Kier alpha value is -2.69. The van der Waals surface area contributed by atoms with E-state index in [9.17, 15) is 15.0 Å². The zero-order chi connectivity index (χ0) is 51.3. The Morgan fingerprint density at radius 3 is 0.930 bits per heavy atom. The van der Waals surface area contributed by atoms with E-state index >= 15 is 0 Å². The van der Waals surface area contributed by atoms with Gasteiger partial charge in [0.1, 0.15) is 0 Å². The molecule has 0 saturated heterocycles. The Morgan fingerprint density at radius 2 is 0.620 bits per heavy atom. The van der Waals surface area contributed by atoms with Gasteiger partial charge in [-0.25, -0.2) is 0 Å². The maximum absolute atomic E-state index is 12.5. The molecule has 0 aliphatic rings. The van der Waals surface area contributed by atoms with Crippen molar-refractivity contribution >= 4 is 5.91 Å². The van der Waals surface area contributed by atoms with Crippen LogP contribution in [0, 0.1) is 0 Å². The fourth-order valence-electron chi connectivity index (χ4n) is 9.16. The summed E-state index contributed by atoms with van der Waals surface area (Å²) in [6.07, 6.45) is 91.6. The molecule has 0 aliphatic heterocycles. The Labute approximate surface area is 443 Å². The van der Waals surface area contributed by atoms with E-state index in [-0.39, 0.29) is 12.5 Å². The average Bonchev–Trinajstić information content (AvgIpc) is 3.37. The molecule has 0 radical (unpaired) electrons. The third-order valence-electron chi connectivity index (χ3n) is 13.8. The molecule has 0 heterocycles. The first-order valence-corrected chi connectivity index (χ1v) is 31.0. The molecule has 0 saturated carbocycles. The number of aliphatic hydroxyl groups excluding tert-OH is 2. The van der Waals surface area contributed by atoms with Crippen molar-refractivity contribution in [3.63, 3.8) is 0 Å². The molecule has 410 valence electrons. The van der Waals surface area contributed by atoms with Crippen molar-refractivity contribution in [1.82, 2.24) is 5.32 Å². The van der Waals surface area contributed by atoms with Crippen LogP contribution in [-0.2, 0) is 4.79 Å². The van der Waals surface area contributed by atoms with Crippen LogP contribution in [0.2, 0.25) is 0 Å². The molecule has 0 aromatic heterocycles. The van der Waals surface area contributed by atoms with E-state index < -0.39 is 12.1 Å². The van der Waals surface area contributed by atoms with Crippen LogP contribution in [0.15, 0.2) is 97.2 Å². The van der Waals surface area contributed by atoms with E-state index in [4.69, 9.17) is 0 Å². The third kappa shape index (κ3) is 58.1. The molecule has 0 aromatic carbocycles. The highest BCUT2D eigenvalue weighted by molar-refractivity contribution is 5.76. The number of nitrogens with one attached hydrogen (secondary N) is 1. The summed E-state index contributed by atoms with van der Waals surface area (Å²) >= 11 is 0. The maximum Gasteiger partial charge on any atom is 0.220 e. The number of hydrogen-bond acceptors (Lipinski definition) is 3. The summed E-state index contributed by atoms with van der Waals surface area (Å²) in [6, 6.07) is -0.634. The van der Waals surface area contributed by atoms with Gasteiger partial charge in [-0.15, -0.1) is 0 Å². The molecule has 0 rings (SSSR count). The minimum absolute atomic E-state index is 0.0710. The predicted molar refractivity (Wildman–Crippen MR) is 317 cm³/mol. The number of carbonyl (C=O) groups excluding carboxylic acids is 1. The summed E-state index contributed by atoms with van der Waals surface area (Å²) in [6.45, 7) is 4.21. The van der Waals surface area contributed by atoms with Gasteiger partial charge in [0, 0.05) is 6.42 Å². The number of rotatable bonds is 56. The van der Waals surface area contributed by atoms with E-state index in [1.54, 1.807) is 6.08 Å². The molecule has 71 heavy (non-hydrogen) atoms. The second-order valence-corrected chi connectivity index (χ2v) is 20.7. The summed E-state index contributed by atoms with van der Waals surface area (Å²) in [5, 5.41) is 23.2. The molecular weight excluding hydrogens is 867 g/mol. The summed E-state index contributed by atoms with van der Waals surface area (Å²) in [5.41, 5.74) is 0. The van der Waals surface area contributed by atoms with Gasteiger partial charge < -0.3 is 15.5 Å². The lowest BCUT2D eigenvalue weighted by atomic mass is 10.0. The molecule has 0 fully saturated rings. The number of amides is 1. The molecule has 3 N–H and O–H groups in total. The monoisotopic (exact) mass is 986 g/mol. The van der Waals surface area contributed by atoms with Crippen LogP contribution in [-0.4, -0.2) is 34.9 Å². The fourth-order valence-corrected chi connectivity index (χ4v) is 9.16. The van der Waals surface area contributed by atoms with Gasteiger partial charge in [0.05, 0.1) is 18.8 Å². The second-order valence-electron chi connectivity index (χ2n) is 20.7. The van der Waals surface area contributed by atoms with Crippen LogP contribution in [0.5, 0.6) is 0 Å². The van der Waals surface area contributed by atoms with Crippen molar-refractivity contribution in [2.45, 2.75) is 315 Å². The van der Waals surface area contributed by atoms with Crippen LogP contribution < -0.4 is 5.32 Å². The second kappa shape index (κ2) is 61.6. The number of carbonyl (C=O) groups is 1. The molecular formula is C67H119NO3. The zero-order valence-corrected chi connectivity index (χ0v) is 47.2. The molecule has 2 unspecified atom stereocenters. The van der Waals surface area contributed by atoms with Crippen LogP contribution in [0.3, 0.4) is 0 Å². The average molecular weight is 987 g/mol. The zero-order valence-electron chi connectivity index (χ0n) is 47.2. The number of aliphatic hydroxyl groups is 2. The first-order chi connectivity index (χ1) is 35.2. The van der Waals surface area contributed by atoms with Gasteiger partial charge in [-0.2, -0.15) is 0 Å². The third-order valence-corrected chi connectivity index (χ3v) is 13.8. The van der Waals surface area contributed by atoms with E-state index in [2.05, 4.69) is 104 Å². The fraction of sp³-hybridized carbons (Fsp3) is 0.746. The van der Waals surface area contributed by atoms with E-state index in [1.807, 2.05) is 6.08 Å².